The Kier molecular flexibility index (Phi) is 7.16. The number of carbonyl (C=O) groups excluding carboxylic acids is 1. The number of hydrogen-bond acceptors (Lipinski definition) is 5. The van der Waals surface area contributed by atoms with Crippen LogP contribution >= 0.6 is 0 Å². The Bertz CT molecular complexity index is 768. The summed E-state index contributed by atoms with van der Waals surface area (Å²) in [6.07, 6.45) is 1.01. The van der Waals surface area contributed by atoms with E-state index in [2.05, 4.69) is 23.8 Å². The molecule has 0 fully saturated rings. The summed E-state index contributed by atoms with van der Waals surface area (Å²) in [6.45, 7) is 12.0. The van der Waals surface area contributed by atoms with Crippen molar-refractivity contribution in [1.29, 1.82) is 0 Å². The number of carbonyl (C=O) groups is 1. The highest BCUT2D eigenvalue weighted by molar-refractivity contribution is 6.01. The van der Waals surface area contributed by atoms with Gasteiger partial charge >= 0.3 is 0 Å². The molecule has 0 atom stereocenters. The Morgan fingerprint density at radius 2 is 1.78 bits per heavy atom. The maximum atomic E-state index is 13.0. The van der Waals surface area contributed by atoms with Crippen LogP contribution in [0.3, 0.4) is 0 Å². The summed E-state index contributed by atoms with van der Waals surface area (Å²) >= 11 is 0. The van der Waals surface area contributed by atoms with Crippen molar-refractivity contribution >= 4 is 11.9 Å². The minimum absolute atomic E-state index is 0.0789. The van der Waals surface area contributed by atoms with Gasteiger partial charge in [-0.2, -0.15) is 0 Å². The molecule has 1 aromatic heterocycles. The largest absolute Gasteiger partial charge is 0.494 e. The Labute approximate surface area is 161 Å². The van der Waals surface area contributed by atoms with Gasteiger partial charge in [-0.25, -0.2) is 9.97 Å². The lowest BCUT2D eigenvalue weighted by atomic mass is 10.0. The maximum Gasteiger partial charge on any atom is 0.257 e. The van der Waals surface area contributed by atoms with Gasteiger partial charge in [-0.15, -0.1) is 0 Å². The van der Waals surface area contributed by atoms with Crippen LogP contribution in [0.15, 0.2) is 24.3 Å². The predicted molar refractivity (Wildman–Crippen MR) is 109 cm³/mol. The summed E-state index contributed by atoms with van der Waals surface area (Å²) < 4.78 is 5.77. The number of nitrogens with zero attached hydrogens (tertiary/aromatic N) is 3. The van der Waals surface area contributed by atoms with Crippen molar-refractivity contribution in [3.63, 3.8) is 0 Å². The predicted octanol–water partition coefficient (Wildman–Crippen LogP) is 3.94. The van der Waals surface area contributed by atoms with Crippen molar-refractivity contribution < 1.29 is 9.53 Å². The Hall–Kier alpha value is -2.63. The third-order valence-electron chi connectivity index (χ3n) is 4.46. The van der Waals surface area contributed by atoms with Crippen LogP contribution in [0.4, 0.5) is 5.95 Å². The minimum Gasteiger partial charge on any atom is -0.494 e. The van der Waals surface area contributed by atoms with Crippen LogP contribution in [-0.2, 0) is 0 Å². The normalized spacial score (nSPS) is 10.9. The first-order valence-corrected chi connectivity index (χ1v) is 9.53. The van der Waals surface area contributed by atoms with Crippen molar-refractivity contribution in [3.05, 3.63) is 35.5 Å². The second-order valence-electron chi connectivity index (χ2n) is 6.92. The van der Waals surface area contributed by atoms with Crippen LogP contribution < -0.4 is 10.5 Å². The molecule has 1 amide bonds. The van der Waals surface area contributed by atoms with E-state index in [0.29, 0.717) is 42.6 Å². The third kappa shape index (κ3) is 5.18. The quantitative estimate of drug-likeness (QED) is 0.761. The molecule has 6 nitrogen and oxygen atoms in total. The Balaban J connectivity index is 2.36. The molecule has 0 aliphatic carbocycles. The molecule has 1 aromatic carbocycles. The molecule has 6 heteroatoms. The van der Waals surface area contributed by atoms with E-state index in [9.17, 15) is 4.79 Å². The number of anilines is 1. The topological polar surface area (TPSA) is 81.3 Å². The molecule has 2 rings (SSSR count). The Morgan fingerprint density at radius 3 is 2.33 bits per heavy atom. The number of hydrogen-bond donors (Lipinski definition) is 1. The summed E-state index contributed by atoms with van der Waals surface area (Å²) in [6, 6.07) is 7.61. The molecule has 1 heterocycles. The van der Waals surface area contributed by atoms with Gasteiger partial charge in [-0.3, -0.25) is 4.79 Å². The second kappa shape index (κ2) is 9.35. The molecule has 27 heavy (non-hydrogen) atoms. The zero-order chi connectivity index (χ0) is 20.0. The van der Waals surface area contributed by atoms with E-state index in [4.69, 9.17) is 10.5 Å². The average molecular weight is 370 g/mol. The van der Waals surface area contributed by atoms with Gasteiger partial charge in [-0.05, 0) is 57.4 Å². The van der Waals surface area contributed by atoms with Crippen LogP contribution in [0.1, 0.15) is 50.2 Å². The molecule has 0 aliphatic heterocycles. The molecule has 0 bridgehead atoms. The molecule has 0 saturated carbocycles. The van der Waals surface area contributed by atoms with E-state index >= 15 is 0 Å². The maximum absolute atomic E-state index is 13.0. The Morgan fingerprint density at radius 1 is 1.15 bits per heavy atom. The van der Waals surface area contributed by atoms with Crippen molar-refractivity contribution in [2.24, 2.45) is 5.92 Å². The number of nitrogen functional groups attached to an aromatic ring is 1. The zero-order valence-electron chi connectivity index (χ0n) is 17.0. The summed E-state index contributed by atoms with van der Waals surface area (Å²) in [5.74, 6) is 1.49. The molecule has 0 saturated heterocycles. The van der Waals surface area contributed by atoms with Gasteiger partial charge in [0.25, 0.3) is 5.91 Å². The van der Waals surface area contributed by atoms with Crippen molar-refractivity contribution in [2.45, 2.75) is 41.0 Å². The number of aromatic nitrogens is 2. The number of amides is 1. The monoisotopic (exact) mass is 370 g/mol. The first kappa shape index (κ1) is 20.7. The SMILES string of the molecule is CCN(CC)C(=O)c1c(C)nc(N)nc1-c1ccc(OCCC(C)C)cc1. The van der Waals surface area contributed by atoms with Crippen LogP contribution in [0, 0.1) is 12.8 Å². The van der Waals surface area contributed by atoms with Crippen LogP contribution in [0.2, 0.25) is 0 Å². The van der Waals surface area contributed by atoms with Crippen LogP contribution in [-0.4, -0.2) is 40.5 Å². The number of ether oxygens (including phenoxy) is 1. The minimum atomic E-state index is -0.0789. The van der Waals surface area contributed by atoms with Crippen molar-refractivity contribution in [2.75, 3.05) is 25.4 Å². The first-order valence-electron chi connectivity index (χ1n) is 9.53. The molecule has 0 radical (unpaired) electrons. The fourth-order valence-corrected chi connectivity index (χ4v) is 2.85. The van der Waals surface area contributed by atoms with E-state index in [0.717, 1.165) is 17.7 Å². The third-order valence-corrected chi connectivity index (χ3v) is 4.46. The van der Waals surface area contributed by atoms with E-state index < -0.39 is 0 Å². The first-order chi connectivity index (χ1) is 12.9. The van der Waals surface area contributed by atoms with Gasteiger partial charge in [0, 0.05) is 18.7 Å². The highest BCUT2D eigenvalue weighted by atomic mass is 16.5. The fraction of sp³-hybridized carbons (Fsp3) is 0.476. The summed E-state index contributed by atoms with van der Waals surface area (Å²) in [7, 11) is 0. The zero-order valence-corrected chi connectivity index (χ0v) is 17.0. The smallest absolute Gasteiger partial charge is 0.257 e. The molecular weight excluding hydrogens is 340 g/mol. The van der Waals surface area contributed by atoms with Crippen LogP contribution in [0.25, 0.3) is 11.3 Å². The van der Waals surface area contributed by atoms with Gasteiger partial charge in [0.15, 0.2) is 0 Å². The van der Waals surface area contributed by atoms with Gasteiger partial charge in [0.2, 0.25) is 5.95 Å². The number of nitrogens with two attached hydrogens (primary N) is 1. The van der Waals surface area contributed by atoms with Crippen LogP contribution in [0.5, 0.6) is 5.75 Å². The molecule has 0 spiro atoms. The lowest BCUT2D eigenvalue weighted by Gasteiger charge is -2.21. The average Bonchev–Trinajstić information content (AvgIpc) is 2.62. The number of benzene rings is 1. The number of rotatable bonds is 8. The lowest BCUT2D eigenvalue weighted by molar-refractivity contribution is 0.0772. The molecule has 2 aromatic rings. The van der Waals surface area contributed by atoms with Crippen molar-refractivity contribution in [1.82, 2.24) is 14.9 Å². The fourth-order valence-electron chi connectivity index (χ4n) is 2.85. The molecule has 0 aliphatic rings. The lowest BCUT2D eigenvalue weighted by Crippen LogP contribution is -2.32. The van der Waals surface area contributed by atoms with E-state index in [-0.39, 0.29) is 11.9 Å². The molecular formula is C21H30N4O2. The number of aryl methyl sites for hydroxylation is 1. The van der Waals surface area contributed by atoms with E-state index in [1.165, 1.54) is 0 Å². The van der Waals surface area contributed by atoms with Crippen molar-refractivity contribution in [3.8, 4) is 17.0 Å². The molecule has 146 valence electrons. The highest BCUT2D eigenvalue weighted by Gasteiger charge is 2.22. The molecule has 0 unspecified atom stereocenters. The van der Waals surface area contributed by atoms with E-state index in [1.807, 2.05) is 38.1 Å². The van der Waals surface area contributed by atoms with Gasteiger partial charge in [0.05, 0.1) is 23.6 Å². The summed E-state index contributed by atoms with van der Waals surface area (Å²) in [4.78, 5) is 23.3. The second-order valence-corrected chi connectivity index (χ2v) is 6.92. The molecule has 2 N–H and O–H groups in total. The summed E-state index contributed by atoms with van der Waals surface area (Å²) in [5, 5.41) is 0. The van der Waals surface area contributed by atoms with E-state index in [1.54, 1.807) is 11.8 Å². The van der Waals surface area contributed by atoms with Gasteiger partial charge in [-0.1, -0.05) is 13.8 Å². The highest BCUT2D eigenvalue weighted by Crippen LogP contribution is 2.27. The summed E-state index contributed by atoms with van der Waals surface area (Å²) in [5.41, 5.74) is 8.33. The van der Waals surface area contributed by atoms with Gasteiger partial charge < -0.3 is 15.4 Å². The standard InChI is InChI=1S/C21H30N4O2/c1-6-25(7-2)20(26)18-15(5)23-21(22)24-19(18)16-8-10-17(11-9-16)27-13-12-14(3)4/h8-11,14H,6-7,12-13H2,1-5H3,(H2,22,23,24). The van der Waals surface area contributed by atoms with Gasteiger partial charge in [0.1, 0.15) is 5.75 Å².